The van der Waals surface area contributed by atoms with Gasteiger partial charge in [-0.15, -0.1) is 12.4 Å². The van der Waals surface area contributed by atoms with Gasteiger partial charge in [0.25, 0.3) is 0 Å². The Kier molecular flexibility index (Phi) is 449. The number of hydrogen-bond acceptors (Lipinski definition) is 0. The van der Waals surface area contributed by atoms with Crippen LogP contribution in [0.3, 0.4) is 0 Å². The molecule has 0 aromatic carbocycles. The van der Waals surface area contributed by atoms with Gasteiger partial charge in [0.05, 0.1) is 0 Å². The van der Waals surface area contributed by atoms with Crippen LogP contribution in [0.25, 0.3) is 0 Å². The molecule has 4 heavy (non-hydrogen) atoms. The number of hydrogen-bond donors (Lipinski definition) is 0. The van der Waals surface area contributed by atoms with Crippen LogP contribution in [0, 0.1) is 0 Å². The molecule has 0 saturated heterocycles. The fourth-order valence-electron chi connectivity index (χ4n) is 0. The van der Waals surface area contributed by atoms with Crippen LogP contribution >= 0.6 is 12.4 Å². The fraction of sp³-hybridized carbons (Fsp3) is 0. The summed E-state index contributed by atoms with van der Waals surface area (Å²) in [7, 11) is 0. The first kappa shape index (κ1) is 61.7. The maximum atomic E-state index is 0. The molecule has 0 unspecified atom stereocenters. The second kappa shape index (κ2) is 29.1. The van der Waals surface area contributed by atoms with Crippen LogP contribution in [0.15, 0.2) is 0 Å². The van der Waals surface area contributed by atoms with E-state index in [1.807, 2.05) is 0 Å². The first-order valence-corrected chi connectivity index (χ1v) is 0. The fourth-order valence-corrected chi connectivity index (χ4v) is 0. The Morgan fingerprint density at radius 1 is 0.750 bits per heavy atom. The van der Waals surface area contributed by atoms with E-state index >= 15 is 0 Å². The van der Waals surface area contributed by atoms with E-state index < -0.39 is 0 Å². The van der Waals surface area contributed by atoms with Crippen molar-refractivity contribution >= 4 is 12.4 Å². The van der Waals surface area contributed by atoms with E-state index in [0.717, 1.165) is 0 Å². The second-order valence-corrected chi connectivity index (χ2v) is 0. The van der Waals surface area contributed by atoms with E-state index in [9.17, 15) is 0 Å². The van der Waals surface area contributed by atoms with Gasteiger partial charge in [0, 0.05) is 33.6 Å². The summed E-state index contributed by atoms with van der Waals surface area (Å²) in [5.41, 5.74) is 0. The molecule has 0 nitrogen and oxygen atoms in total. The Balaban J connectivity index is 0. The summed E-state index contributed by atoms with van der Waals surface area (Å²) in [6, 6.07) is 0. The molecule has 0 saturated carbocycles. The summed E-state index contributed by atoms with van der Waals surface area (Å²) in [6.45, 7) is 0. The van der Waals surface area contributed by atoms with Gasteiger partial charge in [-0.05, 0) is 0 Å². The van der Waals surface area contributed by atoms with Crippen molar-refractivity contribution in [1.29, 1.82) is 0 Å². The zero-order chi connectivity index (χ0) is 0. The molecule has 0 aliphatic carbocycles. The van der Waals surface area contributed by atoms with E-state index in [-0.39, 0.29) is 50.7 Å². The third-order valence-corrected chi connectivity index (χ3v) is 0. The second-order valence-electron chi connectivity index (χ2n) is 0. The van der Waals surface area contributed by atoms with Crippen LogP contribution in [-0.2, 0) is 33.6 Å². The topological polar surface area (TPSA) is 0 Å². The van der Waals surface area contributed by atoms with E-state index in [1.165, 1.54) is 0 Å². The van der Waals surface area contributed by atoms with Crippen molar-refractivity contribution in [2.24, 2.45) is 0 Å². The van der Waals surface area contributed by atoms with Crippen molar-refractivity contribution in [2.45, 2.75) is 0 Å². The minimum atomic E-state index is 0. The molecule has 0 atom stereocenters. The molecule has 0 rings (SSSR count). The van der Waals surface area contributed by atoms with Crippen LogP contribution < -0.4 is 0 Å². The van der Waals surface area contributed by atoms with Gasteiger partial charge in [0.15, 0.2) is 0 Å². The smallest absolute Gasteiger partial charge is 0 e. The van der Waals surface area contributed by atoms with Gasteiger partial charge in [-0.25, -0.2) is 0 Å². The maximum absolute atomic E-state index is 0. The molecule has 0 N–H and O–H groups in total. The first-order chi connectivity index (χ1) is 0. The van der Waals surface area contributed by atoms with Gasteiger partial charge in [-0.1, -0.05) is 0 Å². The summed E-state index contributed by atoms with van der Waals surface area (Å²) >= 11 is 0. The van der Waals surface area contributed by atoms with Crippen molar-refractivity contribution in [3.63, 3.8) is 0 Å². The minimum Gasteiger partial charge on any atom is -0.269 e. The molecule has 0 aromatic rings. The van der Waals surface area contributed by atoms with Gasteiger partial charge < -0.3 is 0 Å². The van der Waals surface area contributed by atoms with Crippen LogP contribution in [0.4, 0.5) is 4.70 Å². The van der Waals surface area contributed by atoms with E-state index in [2.05, 4.69) is 0 Å². The Bertz CT molecular complexity index is 6.00. The summed E-state index contributed by atoms with van der Waals surface area (Å²) in [6.07, 6.45) is 0. The molecule has 2 radical (unpaired) electrons. The molecule has 0 heterocycles. The average molecular weight is 174 g/mol. The normalized spacial score (nSPS) is 0. The molecular weight excluding hydrogens is 172 g/mol. The van der Waals surface area contributed by atoms with Crippen LogP contribution in [-0.4, -0.2) is 0 Å². The van der Waals surface area contributed by atoms with Gasteiger partial charge in [-0.2, -0.15) is 0 Å². The number of rotatable bonds is 0. The molecule has 4 heteroatoms. The molecular formula is H2ClCo2F. The van der Waals surface area contributed by atoms with Crippen molar-refractivity contribution < 1.29 is 38.3 Å². The average Bonchev–Trinajstić information content (AvgIpc) is 0. The number of halogens is 2. The van der Waals surface area contributed by atoms with Gasteiger partial charge in [0.1, 0.15) is 0 Å². The monoisotopic (exact) mass is 174 g/mol. The summed E-state index contributed by atoms with van der Waals surface area (Å²) in [4.78, 5) is 0. The van der Waals surface area contributed by atoms with Crippen LogP contribution in [0.1, 0.15) is 0 Å². The van der Waals surface area contributed by atoms with Crippen LogP contribution in [0.2, 0.25) is 0 Å². The zero-order valence-electron chi connectivity index (χ0n) is 1.48. The maximum Gasteiger partial charge on any atom is 0 e. The Morgan fingerprint density at radius 2 is 0.750 bits per heavy atom. The van der Waals surface area contributed by atoms with Crippen molar-refractivity contribution in [1.82, 2.24) is 0 Å². The quantitative estimate of drug-likeness (QED) is 0.504. The third-order valence-electron chi connectivity index (χ3n) is 0. The van der Waals surface area contributed by atoms with E-state index in [0.29, 0.717) is 0 Å². The molecule has 0 amide bonds. The summed E-state index contributed by atoms with van der Waals surface area (Å²) in [5.74, 6) is 0. The minimum absolute atomic E-state index is 0. The Hall–Kier alpha value is 1.23. The zero-order valence-corrected chi connectivity index (χ0v) is 4.38. The summed E-state index contributed by atoms with van der Waals surface area (Å²) in [5, 5.41) is 0. The molecule has 0 spiro atoms. The standard InChI is InChI=1S/ClH.2Co.FH/h1H;;;1H. The molecule has 0 fully saturated rings. The SMILES string of the molecule is Cl.F.[Co].[Co]. The van der Waals surface area contributed by atoms with Crippen LogP contribution in [0.5, 0.6) is 0 Å². The largest absolute Gasteiger partial charge is 0.269 e. The van der Waals surface area contributed by atoms with Crippen molar-refractivity contribution in [2.75, 3.05) is 0 Å². The van der Waals surface area contributed by atoms with Gasteiger partial charge >= 0.3 is 0 Å². The Labute approximate surface area is 50.9 Å². The third kappa shape index (κ3) is 10.6. The predicted octanol–water partition coefficient (Wildman–Crippen LogP) is 0.569. The molecule has 0 aliphatic heterocycles. The van der Waals surface area contributed by atoms with Crippen molar-refractivity contribution in [3.8, 4) is 0 Å². The van der Waals surface area contributed by atoms with E-state index in [4.69, 9.17) is 0 Å². The molecule has 34 valence electrons. The molecule has 0 aliphatic rings. The first-order valence-electron chi connectivity index (χ1n) is 0. The van der Waals surface area contributed by atoms with Gasteiger partial charge in [-0.3, -0.25) is 4.70 Å². The molecule has 0 aromatic heterocycles. The summed E-state index contributed by atoms with van der Waals surface area (Å²) < 4.78 is 0. The predicted molar refractivity (Wildman–Crippen MR) is 9.75 cm³/mol. The van der Waals surface area contributed by atoms with E-state index in [1.54, 1.807) is 0 Å². The van der Waals surface area contributed by atoms with Gasteiger partial charge in [0.2, 0.25) is 0 Å². The Morgan fingerprint density at radius 3 is 0.750 bits per heavy atom. The van der Waals surface area contributed by atoms with Crippen molar-refractivity contribution in [3.05, 3.63) is 0 Å². The molecule has 0 bridgehead atoms.